The van der Waals surface area contributed by atoms with Crippen LogP contribution in [0.3, 0.4) is 0 Å². The minimum Gasteiger partial charge on any atom is -0.0654 e. The van der Waals surface area contributed by atoms with Gasteiger partial charge in [-0.1, -0.05) is 164 Å². The molecule has 3 aromatic carbocycles. The molecule has 0 heterocycles. The van der Waals surface area contributed by atoms with E-state index in [0.717, 1.165) is 0 Å². The molecule has 4 rings (SSSR count). The maximum Gasteiger partial charge on any atom is 0.0464 e. The molecule has 0 aliphatic heterocycles. The third-order valence-electron chi connectivity index (χ3n) is 9.65. The highest BCUT2D eigenvalue weighted by Crippen LogP contribution is 2.56. The lowest BCUT2D eigenvalue weighted by Crippen LogP contribution is -2.28. The fourth-order valence-corrected chi connectivity index (χ4v) is 7.34. The number of hydrogen-bond donors (Lipinski definition) is 0. The summed E-state index contributed by atoms with van der Waals surface area (Å²) in [5.74, 6) is 0. The van der Waals surface area contributed by atoms with E-state index in [4.69, 9.17) is 0 Å². The number of rotatable bonds is 18. The second-order valence-corrected chi connectivity index (χ2v) is 13.2. The Morgan fingerprint density at radius 2 is 0.902 bits per heavy atom. The molecule has 0 fully saturated rings. The van der Waals surface area contributed by atoms with Crippen LogP contribution in [0.5, 0.6) is 0 Å². The van der Waals surface area contributed by atoms with E-state index < -0.39 is 0 Å². The maximum absolute atomic E-state index is 2.64. The Labute approximate surface area is 253 Å². The highest BCUT2D eigenvalue weighted by Gasteiger charge is 2.44. The van der Waals surface area contributed by atoms with Gasteiger partial charge in [0.05, 0.1) is 0 Å². The molecule has 222 valence electrons. The molecule has 0 radical (unpaired) electrons. The molecular weight excluding hydrogens is 492 g/mol. The summed E-state index contributed by atoms with van der Waals surface area (Å²) in [5.41, 5.74) is 13.5. The molecule has 0 nitrogen and oxygen atoms in total. The number of unbranched alkanes of at least 4 members (excludes halogenated alkanes) is 11. The minimum absolute atomic E-state index is 0.0505. The Kier molecular flexibility index (Phi) is 12.1. The van der Waals surface area contributed by atoms with Gasteiger partial charge in [-0.2, -0.15) is 0 Å². The largest absolute Gasteiger partial charge is 0.0654 e. The van der Waals surface area contributed by atoms with E-state index in [1.165, 1.54) is 131 Å². The summed E-state index contributed by atoms with van der Waals surface area (Å²) < 4.78 is 0. The molecular formula is C41H58. The molecule has 0 heteroatoms. The van der Waals surface area contributed by atoms with Gasteiger partial charge in [-0.15, -0.1) is 0 Å². The Morgan fingerprint density at radius 1 is 0.463 bits per heavy atom. The van der Waals surface area contributed by atoms with Crippen LogP contribution in [-0.2, 0) is 18.3 Å². The Balaban J connectivity index is 1.82. The van der Waals surface area contributed by atoms with Crippen molar-refractivity contribution in [3.8, 4) is 11.1 Å². The Bertz CT molecular complexity index is 1150. The molecule has 0 N–H and O–H groups in total. The van der Waals surface area contributed by atoms with E-state index in [9.17, 15) is 0 Å². The van der Waals surface area contributed by atoms with Crippen molar-refractivity contribution in [3.63, 3.8) is 0 Å². The van der Waals surface area contributed by atoms with Crippen molar-refractivity contribution in [1.29, 1.82) is 0 Å². The lowest BCUT2D eigenvalue weighted by atomic mass is 9.68. The van der Waals surface area contributed by atoms with Crippen LogP contribution in [0.4, 0.5) is 0 Å². The first-order valence-corrected chi connectivity index (χ1v) is 17.4. The minimum atomic E-state index is -0.0505. The van der Waals surface area contributed by atoms with E-state index in [1.807, 2.05) is 0 Å². The van der Waals surface area contributed by atoms with Crippen molar-refractivity contribution in [1.82, 2.24) is 0 Å². The fourth-order valence-electron chi connectivity index (χ4n) is 7.34. The molecule has 0 atom stereocenters. The predicted molar refractivity (Wildman–Crippen MR) is 181 cm³/mol. The summed E-state index contributed by atoms with van der Waals surface area (Å²) in [5, 5.41) is 0. The molecule has 0 saturated heterocycles. The average Bonchev–Trinajstić information content (AvgIpc) is 3.24. The second kappa shape index (κ2) is 15.8. The molecule has 0 saturated carbocycles. The molecule has 3 aromatic rings. The summed E-state index contributed by atoms with van der Waals surface area (Å²) in [6, 6.07) is 22.4. The molecule has 1 aliphatic rings. The average molecular weight is 551 g/mol. The van der Waals surface area contributed by atoms with Gasteiger partial charge in [0.2, 0.25) is 0 Å². The first-order chi connectivity index (χ1) is 20.0. The summed E-state index contributed by atoms with van der Waals surface area (Å²) in [4.78, 5) is 0. The van der Waals surface area contributed by atoms with Crippen molar-refractivity contribution in [2.24, 2.45) is 0 Å². The summed E-state index contributed by atoms with van der Waals surface area (Å²) in [6.45, 7) is 11.5. The number of hydrogen-bond acceptors (Lipinski definition) is 0. The fraction of sp³-hybridized carbons (Fsp3) is 0.561. The van der Waals surface area contributed by atoms with Crippen LogP contribution >= 0.6 is 0 Å². The lowest BCUT2D eigenvalue weighted by molar-refractivity contribution is 0.505. The van der Waals surface area contributed by atoms with Gasteiger partial charge in [0.1, 0.15) is 0 Å². The number of fused-ring (bicyclic) bond motifs is 3. The van der Waals surface area contributed by atoms with Gasteiger partial charge in [0.25, 0.3) is 0 Å². The van der Waals surface area contributed by atoms with Crippen LogP contribution in [0.2, 0.25) is 0 Å². The molecule has 0 amide bonds. The molecule has 0 bridgehead atoms. The molecule has 1 aliphatic carbocycles. The smallest absolute Gasteiger partial charge is 0.0464 e. The van der Waals surface area contributed by atoms with E-state index in [2.05, 4.69) is 89.2 Å². The van der Waals surface area contributed by atoms with Crippen LogP contribution in [0.25, 0.3) is 11.1 Å². The highest BCUT2D eigenvalue weighted by molar-refractivity contribution is 5.84. The first-order valence-electron chi connectivity index (χ1n) is 17.4. The predicted octanol–water partition coefficient (Wildman–Crippen LogP) is 12.6. The van der Waals surface area contributed by atoms with Crippen LogP contribution in [0.15, 0.2) is 54.6 Å². The van der Waals surface area contributed by atoms with Gasteiger partial charge in [-0.3, -0.25) is 0 Å². The van der Waals surface area contributed by atoms with Gasteiger partial charge >= 0.3 is 0 Å². The van der Waals surface area contributed by atoms with Crippen LogP contribution in [0, 0.1) is 13.8 Å². The normalized spacial score (nSPS) is 13.4. The highest BCUT2D eigenvalue weighted by atomic mass is 14.5. The summed E-state index contributed by atoms with van der Waals surface area (Å²) >= 11 is 0. The van der Waals surface area contributed by atoms with E-state index in [0.29, 0.717) is 0 Å². The van der Waals surface area contributed by atoms with Crippen LogP contribution in [-0.4, -0.2) is 0 Å². The maximum atomic E-state index is 2.64. The molecule has 41 heavy (non-hydrogen) atoms. The summed E-state index contributed by atoms with van der Waals surface area (Å²) in [6.07, 6.45) is 22.3. The number of benzene rings is 3. The SMILES string of the molecule is CCCCCCCCC1(c2cc(CCCCCC)cc(CCCCCC)c2)c2cc(C)ccc2-c2ccc(C)cc21. The second-order valence-electron chi connectivity index (χ2n) is 13.2. The van der Waals surface area contributed by atoms with Crippen molar-refractivity contribution < 1.29 is 0 Å². The van der Waals surface area contributed by atoms with Crippen molar-refractivity contribution in [2.45, 2.75) is 149 Å². The molecule has 0 aromatic heterocycles. The van der Waals surface area contributed by atoms with E-state index in [1.54, 1.807) is 27.8 Å². The first kappa shape index (κ1) is 31.6. The quantitative estimate of drug-likeness (QED) is 0.138. The third-order valence-corrected chi connectivity index (χ3v) is 9.65. The van der Waals surface area contributed by atoms with Gasteiger partial charge < -0.3 is 0 Å². The van der Waals surface area contributed by atoms with E-state index in [-0.39, 0.29) is 5.41 Å². The monoisotopic (exact) mass is 550 g/mol. The summed E-state index contributed by atoms with van der Waals surface area (Å²) in [7, 11) is 0. The zero-order valence-corrected chi connectivity index (χ0v) is 27.2. The lowest BCUT2D eigenvalue weighted by Gasteiger charge is -2.34. The van der Waals surface area contributed by atoms with Gasteiger partial charge in [0.15, 0.2) is 0 Å². The van der Waals surface area contributed by atoms with Crippen molar-refractivity contribution >= 4 is 0 Å². The zero-order chi connectivity index (χ0) is 29.1. The Hall–Kier alpha value is -2.34. The van der Waals surface area contributed by atoms with Gasteiger partial charge in [-0.25, -0.2) is 0 Å². The topological polar surface area (TPSA) is 0 Å². The van der Waals surface area contributed by atoms with Crippen molar-refractivity contribution in [3.05, 3.63) is 93.5 Å². The zero-order valence-electron chi connectivity index (χ0n) is 27.2. The van der Waals surface area contributed by atoms with Crippen LogP contribution in [0.1, 0.15) is 156 Å². The Morgan fingerprint density at radius 3 is 1.39 bits per heavy atom. The number of aryl methyl sites for hydroxylation is 4. The van der Waals surface area contributed by atoms with Gasteiger partial charge in [0, 0.05) is 5.41 Å². The van der Waals surface area contributed by atoms with E-state index >= 15 is 0 Å². The van der Waals surface area contributed by atoms with Gasteiger partial charge in [-0.05, 0) is 84.9 Å². The molecule has 0 spiro atoms. The molecule has 0 unspecified atom stereocenters. The standard InChI is InChI=1S/C41H58/c1-6-9-12-15-16-19-26-41(39-27-32(4)22-24-37(39)38-25-23-33(5)28-40(38)41)36-30-34(20-17-13-10-7-2)29-35(31-36)21-18-14-11-8-3/h22-25,27-31H,6-21,26H2,1-5H3. The van der Waals surface area contributed by atoms with Crippen molar-refractivity contribution in [2.75, 3.05) is 0 Å². The third kappa shape index (κ3) is 7.74. The van der Waals surface area contributed by atoms with Crippen LogP contribution < -0.4 is 0 Å².